The second-order valence-electron chi connectivity index (χ2n) is 6.03. The molecule has 1 fully saturated rings. The summed E-state index contributed by atoms with van der Waals surface area (Å²) in [5.41, 5.74) is 0.697. The van der Waals surface area contributed by atoms with E-state index < -0.39 is 0 Å². The van der Waals surface area contributed by atoms with Crippen LogP contribution in [0, 0.1) is 0 Å². The number of ether oxygens (including phenoxy) is 1. The number of amides is 1. The van der Waals surface area contributed by atoms with Gasteiger partial charge in [0.05, 0.1) is 18.9 Å². The molecule has 0 aliphatic heterocycles. The van der Waals surface area contributed by atoms with E-state index in [0.717, 1.165) is 25.7 Å². The second-order valence-corrected chi connectivity index (χ2v) is 6.03. The molecule has 0 saturated heterocycles. The van der Waals surface area contributed by atoms with E-state index in [1.54, 1.807) is 7.11 Å². The van der Waals surface area contributed by atoms with E-state index in [1.165, 1.54) is 0 Å². The summed E-state index contributed by atoms with van der Waals surface area (Å²) in [6.45, 7) is 2.02. The number of para-hydroxylation sites is 2. The van der Waals surface area contributed by atoms with E-state index in [2.05, 4.69) is 10.6 Å². The first-order valence-corrected chi connectivity index (χ1v) is 7.95. The number of hydrogen-bond acceptors (Lipinski definition) is 4. The summed E-state index contributed by atoms with van der Waals surface area (Å²) in [6, 6.07) is 7.90. The van der Waals surface area contributed by atoms with E-state index in [9.17, 15) is 9.90 Å². The number of anilines is 1. The Morgan fingerprint density at radius 2 is 2.00 bits per heavy atom. The fourth-order valence-electron chi connectivity index (χ4n) is 2.93. The van der Waals surface area contributed by atoms with Crippen LogP contribution in [-0.4, -0.2) is 36.3 Å². The van der Waals surface area contributed by atoms with Crippen LogP contribution in [0.25, 0.3) is 0 Å². The molecule has 1 aromatic carbocycles. The SMILES string of the molecule is COc1ccccc1NC(=O)CC(C)NC1CCC(O)CC1. The molecule has 5 heteroatoms. The van der Waals surface area contributed by atoms with Gasteiger partial charge in [-0.2, -0.15) is 0 Å². The first kappa shape index (κ1) is 16.8. The minimum atomic E-state index is -0.151. The quantitative estimate of drug-likeness (QED) is 0.754. The van der Waals surface area contributed by atoms with Gasteiger partial charge >= 0.3 is 0 Å². The lowest BCUT2D eigenvalue weighted by Crippen LogP contribution is -2.41. The number of carbonyl (C=O) groups is 1. The number of aliphatic hydroxyl groups is 1. The van der Waals surface area contributed by atoms with Gasteiger partial charge in [-0.3, -0.25) is 4.79 Å². The van der Waals surface area contributed by atoms with E-state index in [4.69, 9.17) is 4.74 Å². The summed E-state index contributed by atoms with van der Waals surface area (Å²) < 4.78 is 5.23. The van der Waals surface area contributed by atoms with Crippen molar-refractivity contribution in [2.45, 2.75) is 57.2 Å². The third kappa shape index (κ3) is 5.00. The third-order valence-corrected chi connectivity index (χ3v) is 4.09. The molecule has 1 aliphatic carbocycles. The van der Waals surface area contributed by atoms with Gasteiger partial charge in [-0.05, 0) is 44.7 Å². The van der Waals surface area contributed by atoms with Gasteiger partial charge in [-0.15, -0.1) is 0 Å². The molecular formula is C17H26N2O3. The molecule has 5 nitrogen and oxygen atoms in total. The molecule has 1 aliphatic rings. The molecule has 1 aromatic rings. The summed E-state index contributed by atoms with van der Waals surface area (Å²) in [5.74, 6) is 0.637. The van der Waals surface area contributed by atoms with Crippen molar-refractivity contribution in [3.8, 4) is 5.75 Å². The monoisotopic (exact) mass is 306 g/mol. The average molecular weight is 306 g/mol. The number of rotatable bonds is 6. The van der Waals surface area contributed by atoms with Crippen LogP contribution in [0.2, 0.25) is 0 Å². The highest BCUT2D eigenvalue weighted by molar-refractivity contribution is 5.92. The normalized spacial score (nSPS) is 22.9. The molecular weight excluding hydrogens is 280 g/mol. The Hall–Kier alpha value is -1.59. The molecule has 0 bridgehead atoms. The summed E-state index contributed by atoms with van der Waals surface area (Å²) >= 11 is 0. The van der Waals surface area contributed by atoms with Crippen LogP contribution >= 0.6 is 0 Å². The number of aliphatic hydroxyl groups excluding tert-OH is 1. The molecule has 0 spiro atoms. The zero-order chi connectivity index (χ0) is 15.9. The highest BCUT2D eigenvalue weighted by atomic mass is 16.5. The lowest BCUT2D eigenvalue weighted by atomic mass is 9.92. The van der Waals surface area contributed by atoms with Crippen LogP contribution in [0.3, 0.4) is 0 Å². The zero-order valence-corrected chi connectivity index (χ0v) is 13.3. The Bertz CT molecular complexity index is 485. The van der Waals surface area contributed by atoms with Crippen LogP contribution in [0.1, 0.15) is 39.0 Å². The smallest absolute Gasteiger partial charge is 0.226 e. The van der Waals surface area contributed by atoms with Crippen molar-refractivity contribution in [3.63, 3.8) is 0 Å². The standard InChI is InChI=1S/C17H26N2O3/c1-12(18-13-7-9-14(20)10-8-13)11-17(21)19-15-5-3-4-6-16(15)22-2/h3-6,12-14,18,20H,7-11H2,1-2H3,(H,19,21). The Balaban J connectivity index is 1.78. The molecule has 1 amide bonds. The van der Waals surface area contributed by atoms with Crippen molar-refractivity contribution in [2.75, 3.05) is 12.4 Å². The molecule has 3 N–H and O–H groups in total. The van der Waals surface area contributed by atoms with Crippen molar-refractivity contribution >= 4 is 11.6 Å². The summed E-state index contributed by atoms with van der Waals surface area (Å²) in [6.07, 6.45) is 3.90. The maximum Gasteiger partial charge on any atom is 0.226 e. The van der Waals surface area contributed by atoms with Gasteiger partial charge in [0.25, 0.3) is 0 Å². The number of benzene rings is 1. The van der Waals surface area contributed by atoms with Crippen molar-refractivity contribution in [3.05, 3.63) is 24.3 Å². The molecule has 122 valence electrons. The fraction of sp³-hybridized carbons (Fsp3) is 0.588. The Morgan fingerprint density at radius 1 is 1.32 bits per heavy atom. The molecule has 2 rings (SSSR count). The first-order chi connectivity index (χ1) is 10.6. The fourth-order valence-corrected chi connectivity index (χ4v) is 2.93. The van der Waals surface area contributed by atoms with Crippen molar-refractivity contribution in [2.24, 2.45) is 0 Å². The van der Waals surface area contributed by atoms with Crippen LogP contribution in [-0.2, 0) is 4.79 Å². The number of hydrogen-bond donors (Lipinski definition) is 3. The lowest BCUT2D eigenvalue weighted by Gasteiger charge is -2.29. The molecule has 1 saturated carbocycles. The molecule has 1 atom stereocenters. The molecule has 0 heterocycles. The van der Waals surface area contributed by atoms with Gasteiger partial charge in [-0.1, -0.05) is 12.1 Å². The topological polar surface area (TPSA) is 70.6 Å². The summed E-state index contributed by atoms with van der Waals surface area (Å²) in [4.78, 5) is 12.1. The molecule has 1 unspecified atom stereocenters. The minimum absolute atomic E-state index is 0.0275. The van der Waals surface area contributed by atoms with Crippen LogP contribution in [0.5, 0.6) is 5.75 Å². The van der Waals surface area contributed by atoms with E-state index >= 15 is 0 Å². The summed E-state index contributed by atoms with van der Waals surface area (Å²) in [7, 11) is 1.59. The maximum absolute atomic E-state index is 12.1. The zero-order valence-electron chi connectivity index (χ0n) is 13.3. The van der Waals surface area contributed by atoms with Gasteiger partial charge in [0.2, 0.25) is 5.91 Å². The summed E-state index contributed by atoms with van der Waals surface area (Å²) in [5, 5.41) is 15.9. The van der Waals surface area contributed by atoms with Crippen LogP contribution < -0.4 is 15.4 Å². The van der Waals surface area contributed by atoms with E-state index in [1.807, 2.05) is 31.2 Å². The lowest BCUT2D eigenvalue weighted by molar-refractivity contribution is -0.116. The Labute approximate surface area is 132 Å². The molecule has 22 heavy (non-hydrogen) atoms. The van der Waals surface area contributed by atoms with E-state index in [-0.39, 0.29) is 18.1 Å². The third-order valence-electron chi connectivity index (χ3n) is 4.09. The minimum Gasteiger partial charge on any atom is -0.495 e. The van der Waals surface area contributed by atoms with Crippen molar-refractivity contribution in [1.82, 2.24) is 5.32 Å². The predicted octanol–water partition coefficient (Wildman–Crippen LogP) is 2.31. The average Bonchev–Trinajstić information content (AvgIpc) is 2.50. The first-order valence-electron chi connectivity index (χ1n) is 7.95. The van der Waals surface area contributed by atoms with Gasteiger partial charge in [0, 0.05) is 18.5 Å². The van der Waals surface area contributed by atoms with Gasteiger partial charge < -0.3 is 20.5 Å². The van der Waals surface area contributed by atoms with E-state index in [0.29, 0.717) is 23.9 Å². The Kier molecular flexibility index (Phi) is 6.21. The van der Waals surface area contributed by atoms with Crippen LogP contribution in [0.4, 0.5) is 5.69 Å². The van der Waals surface area contributed by atoms with Gasteiger partial charge in [-0.25, -0.2) is 0 Å². The number of methoxy groups -OCH3 is 1. The molecule has 0 aromatic heterocycles. The van der Waals surface area contributed by atoms with Crippen molar-refractivity contribution < 1.29 is 14.6 Å². The number of carbonyl (C=O) groups excluding carboxylic acids is 1. The number of nitrogens with one attached hydrogen (secondary N) is 2. The molecule has 0 radical (unpaired) electrons. The van der Waals surface area contributed by atoms with Crippen molar-refractivity contribution in [1.29, 1.82) is 0 Å². The highest BCUT2D eigenvalue weighted by Crippen LogP contribution is 2.23. The highest BCUT2D eigenvalue weighted by Gasteiger charge is 2.21. The Morgan fingerprint density at radius 3 is 2.68 bits per heavy atom. The largest absolute Gasteiger partial charge is 0.495 e. The second kappa shape index (κ2) is 8.15. The van der Waals surface area contributed by atoms with Gasteiger partial charge in [0.1, 0.15) is 5.75 Å². The maximum atomic E-state index is 12.1. The van der Waals surface area contributed by atoms with Crippen LogP contribution in [0.15, 0.2) is 24.3 Å². The predicted molar refractivity (Wildman–Crippen MR) is 87.1 cm³/mol. The van der Waals surface area contributed by atoms with Gasteiger partial charge in [0.15, 0.2) is 0 Å².